The Kier molecular flexibility index (Phi) is 4.76. The van der Waals surface area contributed by atoms with Crippen LogP contribution in [-0.2, 0) is 4.74 Å². The average molecular weight is 283 g/mol. The van der Waals surface area contributed by atoms with Crippen LogP contribution in [-0.4, -0.2) is 43.0 Å². The van der Waals surface area contributed by atoms with E-state index in [1.165, 1.54) is 64.5 Å². The summed E-state index contributed by atoms with van der Waals surface area (Å²) >= 11 is 4.68. The van der Waals surface area contributed by atoms with E-state index in [0.29, 0.717) is 5.41 Å². The van der Waals surface area contributed by atoms with Gasteiger partial charge in [-0.3, -0.25) is 4.90 Å². The first-order chi connectivity index (χ1) is 9.33. The Morgan fingerprint density at radius 1 is 1.05 bits per heavy atom. The maximum atomic E-state index is 5.57. The maximum Gasteiger partial charge on any atom is 0.0472 e. The zero-order chi connectivity index (χ0) is 13.1. The number of nitrogens with zero attached hydrogens (tertiary/aromatic N) is 1. The molecule has 19 heavy (non-hydrogen) atoms. The van der Waals surface area contributed by atoms with Crippen molar-refractivity contribution in [2.24, 2.45) is 11.3 Å². The Morgan fingerprint density at radius 2 is 1.79 bits per heavy atom. The van der Waals surface area contributed by atoms with Gasteiger partial charge in [0.15, 0.2) is 0 Å². The van der Waals surface area contributed by atoms with Crippen LogP contribution in [0.3, 0.4) is 0 Å². The van der Waals surface area contributed by atoms with Crippen molar-refractivity contribution in [3.8, 4) is 0 Å². The first-order valence-electron chi connectivity index (χ1n) is 8.26. The van der Waals surface area contributed by atoms with Gasteiger partial charge in [-0.05, 0) is 62.2 Å². The van der Waals surface area contributed by atoms with Crippen molar-refractivity contribution in [2.75, 3.05) is 32.1 Å². The van der Waals surface area contributed by atoms with Crippen LogP contribution in [0.1, 0.15) is 51.4 Å². The SMILES string of the molecule is SCC1(CN2CCCC2C2CCCC2)CCOCC1. The Labute approximate surface area is 123 Å². The number of likely N-dealkylation sites (tertiary alicyclic amines) is 1. The quantitative estimate of drug-likeness (QED) is 0.794. The zero-order valence-corrected chi connectivity index (χ0v) is 13.0. The fourth-order valence-electron chi connectivity index (χ4n) is 4.53. The Bertz CT molecular complexity index is 284. The molecule has 0 aromatic heterocycles. The van der Waals surface area contributed by atoms with E-state index >= 15 is 0 Å². The molecular weight excluding hydrogens is 254 g/mol. The smallest absolute Gasteiger partial charge is 0.0472 e. The Morgan fingerprint density at radius 3 is 2.47 bits per heavy atom. The second-order valence-corrected chi connectivity index (χ2v) is 7.31. The minimum atomic E-state index is 0.433. The van der Waals surface area contributed by atoms with Gasteiger partial charge < -0.3 is 4.74 Å². The molecule has 2 heterocycles. The van der Waals surface area contributed by atoms with Crippen molar-refractivity contribution < 1.29 is 4.74 Å². The molecule has 1 saturated carbocycles. The predicted molar refractivity (Wildman–Crippen MR) is 82.9 cm³/mol. The minimum absolute atomic E-state index is 0.433. The lowest BCUT2D eigenvalue weighted by Gasteiger charge is -2.42. The summed E-state index contributed by atoms with van der Waals surface area (Å²) in [6, 6.07) is 0.891. The zero-order valence-electron chi connectivity index (χ0n) is 12.1. The molecule has 3 fully saturated rings. The molecule has 0 bridgehead atoms. The second kappa shape index (κ2) is 6.36. The summed E-state index contributed by atoms with van der Waals surface area (Å²) in [6.45, 7) is 4.50. The molecule has 0 N–H and O–H groups in total. The molecule has 2 nitrogen and oxygen atoms in total. The van der Waals surface area contributed by atoms with Crippen molar-refractivity contribution in [2.45, 2.75) is 57.4 Å². The van der Waals surface area contributed by atoms with E-state index in [1.54, 1.807) is 0 Å². The van der Waals surface area contributed by atoms with E-state index in [0.717, 1.165) is 30.9 Å². The van der Waals surface area contributed by atoms with Crippen LogP contribution in [0.2, 0.25) is 0 Å². The van der Waals surface area contributed by atoms with Crippen LogP contribution in [0.25, 0.3) is 0 Å². The molecule has 2 aliphatic heterocycles. The third-order valence-corrected chi connectivity index (χ3v) is 6.46. The lowest BCUT2D eigenvalue weighted by molar-refractivity contribution is 0.00170. The van der Waals surface area contributed by atoms with Crippen molar-refractivity contribution in [3.05, 3.63) is 0 Å². The number of rotatable bonds is 4. The molecule has 0 spiro atoms. The minimum Gasteiger partial charge on any atom is -0.381 e. The van der Waals surface area contributed by atoms with Crippen molar-refractivity contribution >= 4 is 12.6 Å². The summed E-state index contributed by atoms with van der Waals surface area (Å²) in [5.74, 6) is 2.03. The molecule has 3 aliphatic rings. The van der Waals surface area contributed by atoms with Gasteiger partial charge in [0, 0.05) is 25.8 Å². The van der Waals surface area contributed by atoms with Gasteiger partial charge in [0.05, 0.1) is 0 Å². The number of hydrogen-bond acceptors (Lipinski definition) is 3. The fraction of sp³-hybridized carbons (Fsp3) is 1.00. The number of hydrogen-bond donors (Lipinski definition) is 1. The molecule has 1 unspecified atom stereocenters. The highest BCUT2D eigenvalue weighted by molar-refractivity contribution is 7.80. The lowest BCUT2D eigenvalue weighted by Crippen LogP contribution is -2.46. The third-order valence-electron chi connectivity index (χ3n) is 5.79. The van der Waals surface area contributed by atoms with Gasteiger partial charge in [0.2, 0.25) is 0 Å². The molecule has 0 aromatic carbocycles. The summed E-state index contributed by atoms with van der Waals surface area (Å²) in [4.78, 5) is 2.83. The molecule has 2 saturated heterocycles. The van der Waals surface area contributed by atoms with Gasteiger partial charge >= 0.3 is 0 Å². The van der Waals surface area contributed by atoms with E-state index in [4.69, 9.17) is 4.74 Å². The van der Waals surface area contributed by atoms with Crippen molar-refractivity contribution in [3.63, 3.8) is 0 Å². The molecule has 110 valence electrons. The standard InChI is InChI=1S/C16H29NOS/c19-13-16(7-10-18-11-8-16)12-17-9-3-6-15(17)14-4-1-2-5-14/h14-15,19H,1-13H2. The second-order valence-electron chi connectivity index (χ2n) is 7.00. The highest BCUT2D eigenvalue weighted by Crippen LogP contribution is 2.39. The molecular formula is C16H29NOS. The van der Waals surface area contributed by atoms with E-state index in [-0.39, 0.29) is 0 Å². The monoisotopic (exact) mass is 283 g/mol. The van der Waals surface area contributed by atoms with Gasteiger partial charge in [0.1, 0.15) is 0 Å². The first kappa shape index (κ1) is 14.2. The normalized spacial score (nSPS) is 33.0. The predicted octanol–water partition coefficient (Wildman–Crippen LogP) is 3.37. The highest BCUT2D eigenvalue weighted by atomic mass is 32.1. The van der Waals surface area contributed by atoms with Crippen LogP contribution in [0.15, 0.2) is 0 Å². The molecule has 0 radical (unpaired) electrons. The third kappa shape index (κ3) is 3.14. The van der Waals surface area contributed by atoms with Crippen LogP contribution in [0.5, 0.6) is 0 Å². The van der Waals surface area contributed by atoms with Crippen LogP contribution < -0.4 is 0 Å². The largest absolute Gasteiger partial charge is 0.381 e. The van der Waals surface area contributed by atoms with Gasteiger partial charge in [-0.25, -0.2) is 0 Å². The summed E-state index contributed by atoms with van der Waals surface area (Å²) in [7, 11) is 0. The molecule has 0 aromatic rings. The van der Waals surface area contributed by atoms with Gasteiger partial charge in [-0.1, -0.05) is 12.8 Å². The molecule has 3 rings (SSSR count). The van der Waals surface area contributed by atoms with Gasteiger partial charge in [-0.15, -0.1) is 0 Å². The summed E-state index contributed by atoms with van der Waals surface area (Å²) in [6.07, 6.45) is 11.2. The summed E-state index contributed by atoms with van der Waals surface area (Å²) in [5, 5.41) is 0. The topological polar surface area (TPSA) is 12.5 Å². The van der Waals surface area contributed by atoms with E-state index in [2.05, 4.69) is 17.5 Å². The Balaban J connectivity index is 1.63. The molecule has 3 heteroatoms. The van der Waals surface area contributed by atoms with Crippen LogP contribution >= 0.6 is 12.6 Å². The number of ether oxygens (including phenoxy) is 1. The molecule has 0 amide bonds. The van der Waals surface area contributed by atoms with Crippen molar-refractivity contribution in [1.82, 2.24) is 4.90 Å². The van der Waals surface area contributed by atoms with Crippen LogP contribution in [0, 0.1) is 11.3 Å². The maximum absolute atomic E-state index is 5.57. The van der Waals surface area contributed by atoms with E-state index in [9.17, 15) is 0 Å². The van der Waals surface area contributed by atoms with E-state index < -0.39 is 0 Å². The Hall–Kier alpha value is 0.270. The fourth-order valence-corrected chi connectivity index (χ4v) is 4.94. The summed E-state index contributed by atoms with van der Waals surface area (Å²) < 4.78 is 5.57. The highest BCUT2D eigenvalue weighted by Gasteiger charge is 2.39. The molecule has 1 aliphatic carbocycles. The van der Waals surface area contributed by atoms with Gasteiger partial charge in [0.25, 0.3) is 0 Å². The average Bonchev–Trinajstić information content (AvgIpc) is 3.10. The summed E-state index contributed by atoms with van der Waals surface area (Å²) in [5.41, 5.74) is 0.433. The van der Waals surface area contributed by atoms with E-state index in [1.807, 2.05) is 0 Å². The van der Waals surface area contributed by atoms with Crippen LogP contribution in [0.4, 0.5) is 0 Å². The van der Waals surface area contributed by atoms with Gasteiger partial charge in [-0.2, -0.15) is 12.6 Å². The number of thiol groups is 1. The first-order valence-corrected chi connectivity index (χ1v) is 8.89. The van der Waals surface area contributed by atoms with Crippen molar-refractivity contribution in [1.29, 1.82) is 0 Å². The molecule has 1 atom stereocenters. The lowest BCUT2D eigenvalue weighted by atomic mass is 9.81.